The van der Waals surface area contributed by atoms with Crippen molar-refractivity contribution in [1.29, 1.82) is 0 Å². The Balaban J connectivity index is 1.24. The van der Waals surface area contributed by atoms with Crippen molar-refractivity contribution in [2.45, 2.75) is 50.0 Å². The molecule has 1 unspecified atom stereocenters. The second-order valence-corrected chi connectivity index (χ2v) is 11.2. The van der Waals surface area contributed by atoms with E-state index in [1.54, 1.807) is 18.0 Å². The Morgan fingerprint density at radius 3 is 2.55 bits per heavy atom. The lowest BCUT2D eigenvalue weighted by atomic mass is 9.96. The molecule has 1 atom stereocenters. The second-order valence-electron chi connectivity index (χ2n) is 9.27. The number of piperidine rings is 1. The summed E-state index contributed by atoms with van der Waals surface area (Å²) in [5, 5.41) is 1.02. The number of hydrogen-bond donors (Lipinski definition) is 0. The Labute approximate surface area is 195 Å². The molecule has 1 aliphatic heterocycles. The van der Waals surface area contributed by atoms with Crippen molar-refractivity contribution in [2.24, 2.45) is 5.92 Å². The zero-order valence-electron chi connectivity index (χ0n) is 19.2. The predicted octanol–water partition coefficient (Wildman–Crippen LogP) is 4.54. The molecule has 1 saturated heterocycles. The number of rotatable bonds is 5. The molecule has 3 aromatic rings. The Hall–Kier alpha value is -2.64. The first kappa shape index (κ1) is 22.2. The maximum absolute atomic E-state index is 13.2. The van der Waals surface area contributed by atoms with Gasteiger partial charge in [0.25, 0.3) is 0 Å². The van der Waals surface area contributed by atoms with Crippen LogP contribution in [0.15, 0.2) is 57.8 Å². The molecule has 0 radical (unpaired) electrons. The molecule has 6 nitrogen and oxygen atoms in total. The third-order valence-electron chi connectivity index (χ3n) is 7.30. The molecule has 1 amide bonds. The van der Waals surface area contributed by atoms with Crippen LogP contribution >= 0.6 is 0 Å². The molecule has 2 heterocycles. The van der Waals surface area contributed by atoms with Crippen LogP contribution in [0.5, 0.6) is 0 Å². The third kappa shape index (κ3) is 4.08. The summed E-state index contributed by atoms with van der Waals surface area (Å²) in [6.45, 7) is 2.69. The fourth-order valence-electron chi connectivity index (χ4n) is 5.08. The van der Waals surface area contributed by atoms with Crippen molar-refractivity contribution >= 4 is 26.9 Å². The Morgan fingerprint density at radius 1 is 1.06 bits per heavy atom. The third-order valence-corrected chi connectivity index (χ3v) is 9.19. The molecule has 7 heteroatoms. The van der Waals surface area contributed by atoms with Gasteiger partial charge in [0, 0.05) is 31.4 Å². The number of nitrogens with zero attached hydrogens (tertiary/aromatic N) is 2. The van der Waals surface area contributed by atoms with Gasteiger partial charge in [0.2, 0.25) is 15.9 Å². The minimum atomic E-state index is -3.53. The van der Waals surface area contributed by atoms with E-state index in [1.807, 2.05) is 49.4 Å². The molecular formula is C26H30N2O4S. The number of furan rings is 1. The van der Waals surface area contributed by atoms with Gasteiger partial charge in [0.05, 0.1) is 10.9 Å². The van der Waals surface area contributed by atoms with Crippen molar-refractivity contribution in [2.75, 3.05) is 20.1 Å². The minimum Gasteiger partial charge on any atom is -0.459 e. The molecule has 0 spiro atoms. The highest BCUT2D eigenvalue weighted by molar-refractivity contribution is 7.89. The summed E-state index contributed by atoms with van der Waals surface area (Å²) >= 11 is 0. The number of amides is 1. The molecule has 33 heavy (non-hydrogen) atoms. The topological polar surface area (TPSA) is 70.8 Å². The van der Waals surface area contributed by atoms with Gasteiger partial charge in [-0.3, -0.25) is 4.79 Å². The predicted molar refractivity (Wildman–Crippen MR) is 127 cm³/mol. The number of para-hydroxylation sites is 1. The van der Waals surface area contributed by atoms with E-state index in [-0.39, 0.29) is 17.9 Å². The summed E-state index contributed by atoms with van der Waals surface area (Å²) in [5.41, 5.74) is 3.23. The molecule has 5 rings (SSSR count). The maximum Gasteiger partial charge on any atom is 0.243 e. The average molecular weight is 467 g/mol. The van der Waals surface area contributed by atoms with Crippen molar-refractivity contribution in [3.05, 3.63) is 65.4 Å². The Morgan fingerprint density at radius 2 is 1.79 bits per heavy atom. The van der Waals surface area contributed by atoms with E-state index in [9.17, 15) is 13.2 Å². The Kier molecular flexibility index (Phi) is 5.79. The van der Waals surface area contributed by atoms with Gasteiger partial charge in [0.1, 0.15) is 11.3 Å². The van der Waals surface area contributed by atoms with Crippen molar-refractivity contribution in [1.82, 2.24) is 9.21 Å². The summed E-state index contributed by atoms with van der Waals surface area (Å²) in [7, 11) is -1.73. The van der Waals surface area contributed by atoms with Crippen LogP contribution in [0.3, 0.4) is 0 Å². The molecular weight excluding hydrogens is 436 g/mol. The van der Waals surface area contributed by atoms with Crippen LogP contribution in [0.25, 0.3) is 11.0 Å². The summed E-state index contributed by atoms with van der Waals surface area (Å²) in [4.78, 5) is 15.3. The number of benzene rings is 2. The van der Waals surface area contributed by atoms with Gasteiger partial charge in [-0.1, -0.05) is 24.3 Å². The zero-order valence-corrected chi connectivity index (χ0v) is 20.0. The molecule has 174 valence electrons. The molecule has 2 aliphatic rings. The second kappa shape index (κ2) is 8.61. The summed E-state index contributed by atoms with van der Waals surface area (Å²) in [6.07, 6.45) is 4.13. The molecule has 0 N–H and O–H groups in total. The lowest BCUT2D eigenvalue weighted by Gasteiger charge is -2.34. The Bertz CT molecular complexity index is 1260. The van der Waals surface area contributed by atoms with Crippen LogP contribution in [-0.2, 0) is 27.7 Å². The van der Waals surface area contributed by atoms with E-state index in [4.69, 9.17) is 4.42 Å². The first-order chi connectivity index (χ1) is 15.8. The summed E-state index contributed by atoms with van der Waals surface area (Å²) in [6, 6.07) is 15.1. The van der Waals surface area contributed by atoms with Gasteiger partial charge in [0.15, 0.2) is 0 Å². The fourth-order valence-corrected chi connectivity index (χ4v) is 6.60. The number of hydrogen-bond acceptors (Lipinski definition) is 4. The van der Waals surface area contributed by atoms with Gasteiger partial charge in [-0.15, -0.1) is 0 Å². The van der Waals surface area contributed by atoms with Crippen LogP contribution in [0, 0.1) is 5.92 Å². The highest BCUT2D eigenvalue weighted by Gasteiger charge is 2.35. The van der Waals surface area contributed by atoms with Gasteiger partial charge >= 0.3 is 0 Å². The van der Waals surface area contributed by atoms with E-state index in [0.29, 0.717) is 30.8 Å². The number of carbonyl (C=O) groups is 1. The number of sulfonamides is 1. The van der Waals surface area contributed by atoms with Crippen LogP contribution in [0.2, 0.25) is 0 Å². The van der Waals surface area contributed by atoms with Crippen molar-refractivity contribution in [3.63, 3.8) is 0 Å². The van der Waals surface area contributed by atoms with Crippen LogP contribution in [0.1, 0.15) is 49.1 Å². The smallest absolute Gasteiger partial charge is 0.243 e. The maximum atomic E-state index is 13.2. The SMILES string of the molecule is CC(c1cc2ccccc2o1)N(C)C(=O)C1CCN(S(=O)(=O)c2ccc3c(c2)CCC3)CC1. The lowest BCUT2D eigenvalue weighted by Crippen LogP contribution is -2.43. The van der Waals surface area contributed by atoms with Crippen LogP contribution < -0.4 is 0 Å². The summed E-state index contributed by atoms with van der Waals surface area (Å²) in [5.74, 6) is 0.606. The van der Waals surface area contributed by atoms with Gasteiger partial charge in [-0.05, 0) is 74.4 Å². The van der Waals surface area contributed by atoms with Crippen LogP contribution in [-0.4, -0.2) is 43.7 Å². The molecule has 1 aromatic heterocycles. The van der Waals surface area contributed by atoms with Gasteiger partial charge in [-0.2, -0.15) is 4.31 Å². The largest absolute Gasteiger partial charge is 0.459 e. The number of fused-ring (bicyclic) bond motifs is 2. The molecule has 2 aromatic carbocycles. The minimum absolute atomic E-state index is 0.0394. The average Bonchev–Trinajstić information content (AvgIpc) is 3.49. The van der Waals surface area contributed by atoms with Crippen molar-refractivity contribution in [3.8, 4) is 0 Å². The first-order valence-electron chi connectivity index (χ1n) is 11.7. The van der Waals surface area contributed by atoms with Gasteiger partial charge < -0.3 is 9.32 Å². The molecule has 0 bridgehead atoms. The normalized spacial score (nSPS) is 18.4. The lowest BCUT2D eigenvalue weighted by molar-refractivity contribution is -0.137. The quantitative estimate of drug-likeness (QED) is 0.553. The fraction of sp³-hybridized carbons (Fsp3) is 0.423. The standard InChI is InChI=1S/C26H30N2O4S/c1-18(25-17-22-6-3-4-9-24(22)32-25)27(2)26(29)20-12-14-28(15-13-20)33(30,31)23-11-10-19-7-5-8-21(19)16-23/h3-4,6,9-11,16-18,20H,5,7-8,12-15H2,1-2H3. The van der Waals surface area contributed by atoms with Gasteiger partial charge in [-0.25, -0.2) is 8.42 Å². The summed E-state index contributed by atoms with van der Waals surface area (Å²) < 4.78 is 33.9. The van der Waals surface area contributed by atoms with E-state index >= 15 is 0 Å². The van der Waals surface area contributed by atoms with E-state index in [0.717, 1.165) is 41.6 Å². The van der Waals surface area contributed by atoms with Crippen molar-refractivity contribution < 1.29 is 17.6 Å². The highest BCUT2D eigenvalue weighted by atomic mass is 32.2. The van der Waals surface area contributed by atoms with Crippen LogP contribution in [0.4, 0.5) is 0 Å². The first-order valence-corrected chi connectivity index (χ1v) is 13.2. The van der Waals surface area contributed by atoms with E-state index in [1.165, 1.54) is 9.87 Å². The van der Waals surface area contributed by atoms with E-state index < -0.39 is 10.0 Å². The molecule has 1 aliphatic carbocycles. The molecule has 1 fully saturated rings. The highest BCUT2D eigenvalue weighted by Crippen LogP contribution is 2.31. The zero-order chi connectivity index (χ0) is 23.2. The van der Waals surface area contributed by atoms with E-state index in [2.05, 4.69) is 0 Å². The number of carbonyl (C=O) groups excluding carboxylic acids is 1. The monoisotopic (exact) mass is 466 g/mol. The number of aryl methyl sites for hydroxylation is 2. The molecule has 0 saturated carbocycles.